The Labute approximate surface area is 103 Å². The third-order valence-corrected chi connectivity index (χ3v) is 2.99. The first kappa shape index (κ1) is 13.8. The van der Waals surface area contributed by atoms with Gasteiger partial charge in [-0.2, -0.15) is 5.10 Å². The summed E-state index contributed by atoms with van der Waals surface area (Å²) in [5.41, 5.74) is 1.43. The summed E-state index contributed by atoms with van der Waals surface area (Å²) in [6, 6.07) is 0. The number of aliphatic hydroxyl groups excluding tert-OH is 1. The van der Waals surface area contributed by atoms with E-state index in [4.69, 9.17) is 0 Å². The molecule has 0 radical (unpaired) electrons. The molecule has 1 aromatic rings. The van der Waals surface area contributed by atoms with E-state index in [1.54, 1.807) is 6.92 Å². The van der Waals surface area contributed by atoms with Gasteiger partial charge in [0.1, 0.15) is 0 Å². The van der Waals surface area contributed by atoms with E-state index in [-0.39, 0.29) is 0 Å². The molecule has 17 heavy (non-hydrogen) atoms. The molecule has 2 N–H and O–H groups in total. The van der Waals surface area contributed by atoms with Gasteiger partial charge in [0.05, 0.1) is 23.0 Å². The van der Waals surface area contributed by atoms with Crippen molar-refractivity contribution in [3.8, 4) is 0 Å². The lowest BCUT2D eigenvalue weighted by atomic mass is 9.99. The Bertz CT molecular complexity index is 377. The van der Waals surface area contributed by atoms with Crippen molar-refractivity contribution >= 4 is 5.95 Å². The number of anilines is 1. The minimum Gasteiger partial charge on any atom is -0.391 e. The lowest BCUT2D eigenvalue weighted by Crippen LogP contribution is -2.42. The van der Waals surface area contributed by atoms with Crippen LogP contribution in [-0.2, 0) is 12.8 Å². The van der Waals surface area contributed by atoms with Crippen molar-refractivity contribution in [2.24, 2.45) is 0 Å². The molecule has 0 bridgehead atoms. The largest absolute Gasteiger partial charge is 0.391 e. The van der Waals surface area contributed by atoms with Crippen molar-refractivity contribution in [1.29, 1.82) is 0 Å². The quantitative estimate of drug-likeness (QED) is 0.814. The zero-order chi connectivity index (χ0) is 13.1. The van der Waals surface area contributed by atoms with Gasteiger partial charge in [0.15, 0.2) is 0 Å². The van der Waals surface area contributed by atoms with Gasteiger partial charge in [-0.3, -0.25) is 0 Å². The van der Waals surface area contributed by atoms with Crippen LogP contribution in [0.1, 0.15) is 46.0 Å². The van der Waals surface area contributed by atoms with Crippen LogP contribution in [-0.4, -0.2) is 31.9 Å². The molecule has 1 aromatic heterocycles. The molecule has 5 heteroatoms. The summed E-state index contributed by atoms with van der Waals surface area (Å²) < 4.78 is 0. The maximum atomic E-state index is 9.63. The molecule has 0 saturated heterocycles. The molecule has 5 nitrogen and oxygen atoms in total. The highest BCUT2D eigenvalue weighted by molar-refractivity contribution is 5.30. The first-order chi connectivity index (χ1) is 7.90. The second kappa shape index (κ2) is 5.40. The molecule has 1 rings (SSSR count). The first-order valence-electron chi connectivity index (χ1n) is 6.09. The van der Waals surface area contributed by atoms with E-state index in [9.17, 15) is 5.11 Å². The molecule has 0 amide bonds. The third-order valence-electron chi connectivity index (χ3n) is 2.99. The number of nitrogens with zero attached hydrogens (tertiary/aromatic N) is 3. The number of hydrogen-bond acceptors (Lipinski definition) is 5. The number of hydrogen-bond donors (Lipinski definition) is 2. The maximum Gasteiger partial charge on any atom is 0.243 e. The van der Waals surface area contributed by atoms with Gasteiger partial charge in [-0.15, -0.1) is 5.10 Å². The molecule has 1 atom stereocenters. The van der Waals surface area contributed by atoms with E-state index in [0.717, 1.165) is 24.2 Å². The Morgan fingerprint density at radius 1 is 1.18 bits per heavy atom. The summed E-state index contributed by atoms with van der Waals surface area (Å²) in [5, 5.41) is 20.9. The molecule has 0 aliphatic carbocycles. The normalized spacial score (nSPS) is 13.5. The van der Waals surface area contributed by atoms with Crippen LogP contribution in [0.5, 0.6) is 0 Å². The molecule has 96 valence electrons. The van der Waals surface area contributed by atoms with Gasteiger partial charge in [-0.1, -0.05) is 13.8 Å². The summed E-state index contributed by atoms with van der Waals surface area (Å²) in [7, 11) is 0. The molecular formula is C12H22N4O. The molecule has 1 heterocycles. The molecule has 0 aromatic carbocycles. The zero-order valence-electron chi connectivity index (χ0n) is 11.3. The Balaban J connectivity index is 2.93. The highest BCUT2D eigenvalue weighted by atomic mass is 16.3. The molecule has 0 aliphatic heterocycles. The van der Waals surface area contributed by atoms with Gasteiger partial charge >= 0.3 is 0 Å². The summed E-state index contributed by atoms with van der Waals surface area (Å²) in [6.45, 7) is 9.63. The van der Waals surface area contributed by atoms with Crippen molar-refractivity contribution in [1.82, 2.24) is 15.2 Å². The van der Waals surface area contributed by atoms with E-state index in [1.807, 2.05) is 27.7 Å². The highest BCUT2D eigenvalue weighted by Gasteiger charge is 2.25. The Kier molecular flexibility index (Phi) is 4.40. The van der Waals surface area contributed by atoms with Crippen molar-refractivity contribution in [3.05, 3.63) is 11.4 Å². The van der Waals surface area contributed by atoms with E-state index >= 15 is 0 Å². The summed E-state index contributed by atoms with van der Waals surface area (Å²) in [4.78, 5) is 4.43. The van der Waals surface area contributed by atoms with Gasteiger partial charge in [-0.05, 0) is 33.6 Å². The average Bonchev–Trinajstić information content (AvgIpc) is 2.28. The number of rotatable bonds is 5. The Hall–Kier alpha value is -1.23. The number of aromatic nitrogens is 3. The second-order valence-electron chi connectivity index (χ2n) is 4.76. The maximum absolute atomic E-state index is 9.63. The van der Waals surface area contributed by atoms with Crippen molar-refractivity contribution in [2.75, 3.05) is 5.32 Å². The lowest BCUT2D eigenvalue weighted by molar-refractivity contribution is 0.132. The van der Waals surface area contributed by atoms with Crippen molar-refractivity contribution < 1.29 is 5.11 Å². The third kappa shape index (κ3) is 3.36. The average molecular weight is 238 g/mol. The van der Waals surface area contributed by atoms with Crippen LogP contribution in [0.25, 0.3) is 0 Å². The van der Waals surface area contributed by atoms with Gasteiger partial charge in [0.2, 0.25) is 5.95 Å². The predicted molar refractivity (Wildman–Crippen MR) is 68.0 cm³/mol. The van der Waals surface area contributed by atoms with Crippen molar-refractivity contribution in [3.63, 3.8) is 0 Å². The molecule has 0 saturated carbocycles. The minimum atomic E-state index is -0.498. The second-order valence-corrected chi connectivity index (χ2v) is 4.76. The van der Waals surface area contributed by atoms with Crippen LogP contribution >= 0.6 is 0 Å². The van der Waals surface area contributed by atoms with Crippen LogP contribution in [0, 0.1) is 0 Å². The summed E-state index contributed by atoms with van der Waals surface area (Å²) >= 11 is 0. The molecule has 0 aliphatic rings. The smallest absolute Gasteiger partial charge is 0.243 e. The Morgan fingerprint density at radius 3 is 2.24 bits per heavy atom. The number of aliphatic hydroxyl groups is 1. The summed E-state index contributed by atoms with van der Waals surface area (Å²) in [5.74, 6) is 0.477. The van der Waals surface area contributed by atoms with Crippen LogP contribution in [0.15, 0.2) is 0 Å². The minimum absolute atomic E-state index is 0.472. The fourth-order valence-corrected chi connectivity index (χ4v) is 1.38. The highest BCUT2D eigenvalue weighted by Crippen LogP contribution is 2.15. The lowest BCUT2D eigenvalue weighted by Gasteiger charge is -2.29. The van der Waals surface area contributed by atoms with Gasteiger partial charge in [-0.25, -0.2) is 4.98 Å². The SMILES string of the molecule is CCc1nnc(NC(C)(C)C(C)O)nc1CC. The topological polar surface area (TPSA) is 70.9 Å². The zero-order valence-corrected chi connectivity index (χ0v) is 11.3. The Morgan fingerprint density at radius 2 is 1.76 bits per heavy atom. The fourth-order valence-electron chi connectivity index (χ4n) is 1.38. The number of aryl methyl sites for hydroxylation is 2. The summed E-state index contributed by atoms with van der Waals surface area (Å²) in [6.07, 6.45) is 1.17. The van der Waals surface area contributed by atoms with E-state index < -0.39 is 11.6 Å². The predicted octanol–water partition coefficient (Wildman–Crippen LogP) is 1.57. The standard InChI is InChI=1S/C12H22N4O/c1-6-9-10(7-2)15-16-11(13-9)14-12(4,5)8(3)17/h8,17H,6-7H2,1-5H3,(H,13,14,16). The van der Waals surface area contributed by atoms with Gasteiger partial charge in [0.25, 0.3) is 0 Å². The van der Waals surface area contributed by atoms with Crippen LogP contribution < -0.4 is 5.32 Å². The van der Waals surface area contributed by atoms with Crippen LogP contribution in [0.3, 0.4) is 0 Å². The van der Waals surface area contributed by atoms with E-state index in [2.05, 4.69) is 20.5 Å². The van der Waals surface area contributed by atoms with Crippen molar-refractivity contribution in [2.45, 2.75) is 59.1 Å². The van der Waals surface area contributed by atoms with E-state index in [1.165, 1.54) is 0 Å². The van der Waals surface area contributed by atoms with Crippen LogP contribution in [0.4, 0.5) is 5.95 Å². The monoisotopic (exact) mass is 238 g/mol. The molecule has 1 unspecified atom stereocenters. The fraction of sp³-hybridized carbons (Fsp3) is 0.750. The number of nitrogens with one attached hydrogen (secondary N) is 1. The van der Waals surface area contributed by atoms with Gasteiger partial charge < -0.3 is 10.4 Å². The molecular weight excluding hydrogens is 216 g/mol. The van der Waals surface area contributed by atoms with E-state index in [0.29, 0.717) is 5.95 Å². The van der Waals surface area contributed by atoms with Gasteiger partial charge in [0, 0.05) is 0 Å². The molecule has 0 fully saturated rings. The molecule has 0 spiro atoms. The van der Waals surface area contributed by atoms with Crippen LogP contribution in [0.2, 0.25) is 0 Å². The first-order valence-corrected chi connectivity index (χ1v) is 6.09.